The highest BCUT2D eigenvalue weighted by Gasteiger charge is 2.15. The second kappa shape index (κ2) is 6.60. The Bertz CT molecular complexity index is 508. The first-order valence-electron chi connectivity index (χ1n) is 7.45. The summed E-state index contributed by atoms with van der Waals surface area (Å²) < 4.78 is 0. The van der Waals surface area contributed by atoms with Crippen LogP contribution in [0.5, 0.6) is 0 Å². The number of aryl methyl sites for hydroxylation is 2. The van der Waals surface area contributed by atoms with Gasteiger partial charge in [-0.2, -0.15) is 0 Å². The van der Waals surface area contributed by atoms with E-state index in [4.69, 9.17) is 0 Å². The molecule has 1 aromatic carbocycles. The number of rotatable bonds is 4. The van der Waals surface area contributed by atoms with Gasteiger partial charge in [0.25, 0.3) is 0 Å². The first kappa shape index (κ1) is 14.6. The number of hydrogen-bond acceptors (Lipinski definition) is 1. The molecule has 2 amide bonds. The molecule has 2 rings (SSSR count). The Hall–Kier alpha value is -1.77. The molecule has 0 aliphatic heterocycles. The second-order valence-corrected chi connectivity index (χ2v) is 5.57. The van der Waals surface area contributed by atoms with Crippen LogP contribution in [0.1, 0.15) is 55.8 Å². The van der Waals surface area contributed by atoms with Crippen LogP contribution in [0.3, 0.4) is 0 Å². The molecule has 0 aromatic heterocycles. The largest absolute Gasteiger partial charge is 0.331 e. The monoisotopic (exact) mass is 272 g/mol. The topological polar surface area (TPSA) is 41.1 Å². The summed E-state index contributed by atoms with van der Waals surface area (Å²) in [6.07, 6.45) is 5.80. The summed E-state index contributed by atoms with van der Waals surface area (Å²) in [5, 5.41) is 5.71. The van der Waals surface area contributed by atoms with Crippen LogP contribution < -0.4 is 10.6 Å². The lowest BCUT2D eigenvalue weighted by Crippen LogP contribution is -2.36. The molecule has 1 aliphatic carbocycles. The lowest BCUT2D eigenvalue weighted by molar-refractivity contribution is 0.239. The normalized spacial score (nSPS) is 15.1. The highest BCUT2D eigenvalue weighted by Crippen LogP contribution is 2.25. The van der Waals surface area contributed by atoms with E-state index in [9.17, 15) is 4.79 Å². The maximum absolute atomic E-state index is 11.8. The second-order valence-electron chi connectivity index (χ2n) is 5.57. The van der Waals surface area contributed by atoms with Crippen LogP contribution in [0.15, 0.2) is 30.5 Å². The minimum absolute atomic E-state index is 0.0570. The van der Waals surface area contributed by atoms with Crippen LogP contribution in [0.2, 0.25) is 0 Å². The quantitative estimate of drug-likeness (QED) is 0.859. The van der Waals surface area contributed by atoms with Crippen molar-refractivity contribution in [3.63, 3.8) is 0 Å². The molecule has 0 fully saturated rings. The van der Waals surface area contributed by atoms with Crippen molar-refractivity contribution < 1.29 is 4.79 Å². The standard InChI is InChI=1S/C17H24N2O/c1-4-16(19-17(20)18-12(2)3)15-10-9-13-7-5-6-8-14(13)11-15/h9-11,16H,2,4-8H2,1,3H3,(H2,18,19,20). The van der Waals surface area contributed by atoms with E-state index in [0.717, 1.165) is 12.8 Å². The van der Waals surface area contributed by atoms with E-state index in [-0.39, 0.29) is 12.1 Å². The minimum atomic E-state index is -0.179. The Balaban J connectivity index is 2.11. The summed E-state index contributed by atoms with van der Waals surface area (Å²) in [6, 6.07) is 6.53. The van der Waals surface area contributed by atoms with Gasteiger partial charge in [-0.25, -0.2) is 4.79 Å². The van der Waals surface area contributed by atoms with Gasteiger partial charge in [0.2, 0.25) is 0 Å². The smallest absolute Gasteiger partial charge is 0.319 e. The van der Waals surface area contributed by atoms with Crippen molar-refractivity contribution >= 4 is 6.03 Å². The Labute approximate surface area is 121 Å². The van der Waals surface area contributed by atoms with E-state index in [2.05, 4.69) is 42.3 Å². The fourth-order valence-electron chi connectivity index (χ4n) is 2.78. The Morgan fingerprint density at radius 1 is 1.30 bits per heavy atom. The molecule has 0 bridgehead atoms. The average molecular weight is 272 g/mol. The van der Waals surface area contributed by atoms with Crippen molar-refractivity contribution in [3.05, 3.63) is 47.2 Å². The van der Waals surface area contributed by atoms with Gasteiger partial charge in [0.1, 0.15) is 0 Å². The minimum Gasteiger partial charge on any atom is -0.331 e. The van der Waals surface area contributed by atoms with Crippen LogP contribution in [-0.4, -0.2) is 6.03 Å². The molecule has 20 heavy (non-hydrogen) atoms. The maximum atomic E-state index is 11.8. The van der Waals surface area contributed by atoms with Crippen LogP contribution in [0.25, 0.3) is 0 Å². The third-order valence-electron chi connectivity index (χ3n) is 3.82. The van der Waals surface area contributed by atoms with E-state index in [1.807, 2.05) is 0 Å². The van der Waals surface area contributed by atoms with Gasteiger partial charge >= 0.3 is 6.03 Å². The van der Waals surface area contributed by atoms with Gasteiger partial charge in [-0.1, -0.05) is 31.7 Å². The predicted octanol–water partition coefficient (Wildman–Crippen LogP) is 3.85. The summed E-state index contributed by atoms with van der Waals surface area (Å²) >= 11 is 0. The first-order chi connectivity index (χ1) is 9.60. The number of hydrogen-bond donors (Lipinski definition) is 2. The van der Waals surface area contributed by atoms with E-state index >= 15 is 0 Å². The summed E-state index contributed by atoms with van der Waals surface area (Å²) in [4.78, 5) is 11.8. The van der Waals surface area contributed by atoms with E-state index in [0.29, 0.717) is 5.70 Å². The highest BCUT2D eigenvalue weighted by molar-refractivity contribution is 5.76. The van der Waals surface area contributed by atoms with Gasteiger partial charge < -0.3 is 10.6 Å². The molecule has 0 heterocycles. The lowest BCUT2D eigenvalue weighted by Gasteiger charge is -2.22. The number of amides is 2. The molecule has 108 valence electrons. The Morgan fingerprint density at radius 2 is 2.00 bits per heavy atom. The predicted molar refractivity (Wildman–Crippen MR) is 82.6 cm³/mol. The van der Waals surface area contributed by atoms with Crippen molar-refractivity contribution in [2.45, 2.75) is 52.0 Å². The molecule has 1 aromatic rings. The molecule has 0 spiro atoms. The van der Waals surface area contributed by atoms with Crippen molar-refractivity contribution in [1.82, 2.24) is 10.6 Å². The van der Waals surface area contributed by atoms with Crippen molar-refractivity contribution in [2.24, 2.45) is 0 Å². The van der Waals surface area contributed by atoms with Crippen LogP contribution >= 0.6 is 0 Å². The number of carbonyl (C=O) groups excluding carboxylic acids is 1. The summed E-state index contributed by atoms with van der Waals surface area (Å²) in [5.74, 6) is 0. The van der Waals surface area contributed by atoms with Crippen LogP contribution in [-0.2, 0) is 12.8 Å². The summed E-state index contributed by atoms with van der Waals surface area (Å²) in [7, 11) is 0. The van der Waals surface area contributed by atoms with Gasteiger partial charge in [0, 0.05) is 5.70 Å². The Kier molecular flexibility index (Phi) is 4.83. The van der Waals surface area contributed by atoms with E-state index < -0.39 is 0 Å². The molecule has 0 saturated carbocycles. The molecule has 0 radical (unpaired) electrons. The maximum Gasteiger partial charge on any atom is 0.319 e. The molecule has 0 saturated heterocycles. The van der Waals surface area contributed by atoms with Gasteiger partial charge in [-0.3, -0.25) is 0 Å². The van der Waals surface area contributed by atoms with E-state index in [1.54, 1.807) is 6.92 Å². The third kappa shape index (κ3) is 3.62. The molecule has 3 nitrogen and oxygen atoms in total. The Morgan fingerprint density at radius 3 is 2.65 bits per heavy atom. The van der Waals surface area contributed by atoms with Crippen molar-refractivity contribution in [3.8, 4) is 0 Å². The van der Waals surface area contributed by atoms with Crippen molar-refractivity contribution in [1.29, 1.82) is 0 Å². The fraction of sp³-hybridized carbons (Fsp3) is 0.471. The molecule has 3 heteroatoms. The third-order valence-corrected chi connectivity index (χ3v) is 3.82. The number of benzene rings is 1. The number of carbonyl (C=O) groups is 1. The zero-order valence-corrected chi connectivity index (χ0v) is 12.5. The molecular weight excluding hydrogens is 248 g/mol. The van der Waals surface area contributed by atoms with Crippen LogP contribution in [0.4, 0.5) is 4.79 Å². The lowest BCUT2D eigenvalue weighted by atomic mass is 9.89. The average Bonchev–Trinajstić information content (AvgIpc) is 2.43. The number of nitrogens with one attached hydrogen (secondary N) is 2. The van der Waals surface area contributed by atoms with Crippen LogP contribution in [0, 0.1) is 0 Å². The molecule has 1 atom stereocenters. The van der Waals surface area contributed by atoms with Gasteiger partial charge in [-0.15, -0.1) is 0 Å². The zero-order chi connectivity index (χ0) is 14.5. The number of urea groups is 1. The van der Waals surface area contributed by atoms with E-state index in [1.165, 1.54) is 36.0 Å². The first-order valence-corrected chi connectivity index (χ1v) is 7.45. The summed E-state index contributed by atoms with van der Waals surface area (Å²) in [5.41, 5.74) is 4.78. The molecule has 2 N–H and O–H groups in total. The highest BCUT2D eigenvalue weighted by atomic mass is 16.2. The van der Waals surface area contributed by atoms with Gasteiger partial charge in [0.15, 0.2) is 0 Å². The summed E-state index contributed by atoms with van der Waals surface area (Å²) in [6.45, 7) is 7.55. The fourth-order valence-corrected chi connectivity index (χ4v) is 2.78. The SMILES string of the molecule is C=C(C)NC(=O)NC(CC)c1ccc2c(c1)CCCC2. The molecule has 1 aliphatic rings. The van der Waals surface area contributed by atoms with Gasteiger partial charge in [0.05, 0.1) is 6.04 Å². The number of allylic oxidation sites excluding steroid dienone is 1. The molecular formula is C17H24N2O. The number of fused-ring (bicyclic) bond motifs is 1. The molecule has 1 unspecified atom stereocenters. The van der Waals surface area contributed by atoms with Crippen molar-refractivity contribution in [2.75, 3.05) is 0 Å². The van der Waals surface area contributed by atoms with Gasteiger partial charge in [-0.05, 0) is 55.7 Å². The zero-order valence-electron chi connectivity index (χ0n) is 12.5.